The van der Waals surface area contributed by atoms with Crippen molar-refractivity contribution in [1.29, 1.82) is 0 Å². The van der Waals surface area contributed by atoms with Crippen LogP contribution in [0.15, 0.2) is 48.7 Å². The van der Waals surface area contributed by atoms with E-state index in [1.807, 2.05) is 30.5 Å². The second-order valence-corrected chi connectivity index (χ2v) is 10.3. The number of rotatable bonds is 6. The standard InChI is InChI=1S/C26H29Cl2N5OS/c1-17-15-20(18(2)33(17)23-7-6-19(27)16-21(23)28)25-24(22-5-3-4-8-29-22)30-26(35)32(25)10-9-31-11-13-34-14-12-31/h3-8,15-16,24-25H,9-14H2,1-2H3,(H,30,35)/t24-,25-/m0/s1. The second-order valence-electron chi connectivity index (χ2n) is 9.03. The number of nitrogens with one attached hydrogen (secondary N) is 1. The molecule has 2 atom stereocenters. The maximum absolute atomic E-state index is 6.61. The molecule has 5 rings (SSSR count). The highest BCUT2D eigenvalue weighted by molar-refractivity contribution is 7.80. The van der Waals surface area contributed by atoms with Gasteiger partial charge in [0.1, 0.15) is 0 Å². The first-order valence-electron chi connectivity index (χ1n) is 11.9. The summed E-state index contributed by atoms with van der Waals surface area (Å²) in [4.78, 5) is 9.44. The Bertz CT molecular complexity index is 1210. The Labute approximate surface area is 221 Å². The summed E-state index contributed by atoms with van der Waals surface area (Å²) >= 11 is 18.7. The van der Waals surface area contributed by atoms with Crippen molar-refractivity contribution in [2.75, 3.05) is 39.4 Å². The van der Waals surface area contributed by atoms with Gasteiger partial charge in [0.25, 0.3) is 0 Å². The molecule has 1 N–H and O–H groups in total. The Kier molecular flexibility index (Phi) is 7.32. The molecule has 2 aromatic heterocycles. The van der Waals surface area contributed by atoms with E-state index in [4.69, 9.17) is 40.2 Å². The average molecular weight is 531 g/mol. The van der Waals surface area contributed by atoms with Crippen LogP contribution in [-0.2, 0) is 4.74 Å². The minimum absolute atomic E-state index is 0.00414. The molecule has 2 saturated heterocycles. The van der Waals surface area contributed by atoms with E-state index in [1.54, 1.807) is 6.07 Å². The Morgan fingerprint density at radius 1 is 1.09 bits per heavy atom. The number of nitrogens with zero attached hydrogens (tertiary/aromatic N) is 4. The lowest BCUT2D eigenvalue weighted by molar-refractivity contribution is 0.0350. The Hall–Kier alpha value is -2.16. The number of aromatic nitrogens is 2. The van der Waals surface area contributed by atoms with Crippen molar-refractivity contribution < 1.29 is 4.74 Å². The Morgan fingerprint density at radius 3 is 2.60 bits per heavy atom. The zero-order valence-corrected chi connectivity index (χ0v) is 22.2. The lowest BCUT2D eigenvalue weighted by Crippen LogP contribution is -2.42. The van der Waals surface area contributed by atoms with Crippen LogP contribution in [0.1, 0.15) is 34.7 Å². The summed E-state index contributed by atoms with van der Waals surface area (Å²) in [6.45, 7) is 9.47. The van der Waals surface area contributed by atoms with Crippen molar-refractivity contribution >= 4 is 40.5 Å². The molecule has 0 saturated carbocycles. The smallest absolute Gasteiger partial charge is 0.170 e. The molecule has 4 heterocycles. The molecule has 35 heavy (non-hydrogen) atoms. The van der Waals surface area contributed by atoms with Gasteiger partial charge in [0.15, 0.2) is 5.11 Å². The van der Waals surface area contributed by atoms with Crippen LogP contribution in [0.4, 0.5) is 0 Å². The molecule has 3 aromatic rings. The molecule has 1 aromatic carbocycles. The Morgan fingerprint density at radius 2 is 1.89 bits per heavy atom. The maximum Gasteiger partial charge on any atom is 0.170 e. The highest BCUT2D eigenvalue weighted by Gasteiger charge is 2.41. The van der Waals surface area contributed by atoms with Gasteiger partial charge >= 0.3 is 0 Å². The van der Waals surface area contributed by atoms with Crippen LogP contribution in [0.5, 0.6) is 0 Å². The quantitative estimate of drug-likeness (QED) is 0.448. The van der Waals surface area contributed by atoms with Gasteiger partial charge in [0, 0.05) is 48.8 Å². The van der Waals surface area contributed by atoms with Crippen LogP contribution in [0.3, 0.4) is 0 Å². The minimum atomic E-state index is -0.0528. The van der Waals surface area contributed by atoms with Crippen LogP contribution in [-0.4, -0.2) is 63.9 Å². The largest absolute Gasteiger partial charge is 0.379 e. The number of halogens is 2. The normalized spacial score (nSPS) is 20.9. The number of thiocarbonyl (C=S) groups is 1. The van der Waals surface area contributed by atoms with Gasteiger partial charge in [-0.15, -0.1) is 0 Å². The van der Waals surface area contributed by atoms with Gasteiger partial charge in [-0.3, -0.25) is 9.88 Å². The van der Waals surface area contributed by atoms with Crippen molar-refractivity contribution in [2.24, 2.45) is 0 Å². The van der Waals surface area contributed by atoms with E-state index in [2.05, 4.69) is 50.6 Å². The van der Waals surface area contributed by atoms with Crippen molar-refractivity contribution in [3.05, 3.63) is 81.4 Å². The van der Waals surface area contributed by atoms with Crippen molar-refractivity contribution in [1.82, 2.24) is 24.7 Å². The summed E-state index contributed by atoms with van der Waals surface area (Å²) in [6, 6.07) is 13.9. The van der Waals surface area contributed by atoms with E-state index in [1.165, 1.54) is 5.56 Å². The number of hydrogen-bond donors (Lipinski definition) is 1. The molecule has 9 heteroatoms. The van der Waals surface area contributed by atoms with Gasteiger partial charge in [0.2, 0.25) is 0 Å². The maximum atomic E-state index is 6.61. The van der Waals surface area contributed by atoms with E-state index < -0.39 is 0 Å². The van der Waals surface area contributed by atoms with Gasteiger partial charge in [-0.1, -0.05) is 29.3 Å². The summed E-state index contributed by atoms with van der Waals surface area (Å²) in [6.07, 6.45) is 1.84. The van der Waals surface area contributed by atoms with E-state index >= 15 is 0 Å². The lowest BCUT2D eigenvalue weighted by Gasteiger charge is -2.32. The van der Waals surface area contributed by atoms with E-state index in [-0.39, 0.29) is 12.1 Å². The minimum Gasteiger partial charge on any atom is -0.379 e. The van der Waals surface area contributed by atoms with E-state index in [9.17, 15) is 0 Å². The third-order valence-electron chi connectivity index (χ3n) is 6.90. The highest BCUT2D eigenvalue weighted by Crippen LogP contribution is 2.42. The molecule has 0 unspecified atom stereocenters. The number of aryl methyl sites for hydroxylation is 1. The molecule has 2 aliphatic heterocycles. The molecule has 0 radical (unpaired) electrons. The van der Waals surface area contributed by atoms with Crippen LogP contribution in [0.2, 0.25) is 10.0 Å². The fourth-order valence-corrected chi connectivity index (χ4v) is 6.00. The number of ether oxygens (including phenoxy) is 1. The highest BCUT2D eigenvalue weighted by atomic mass is 35.5. The first-order chi connectivity index (χ1) is 16.9. The zero-order valence-electron chi connectivity index (χ0n) is 19.9. The van der Waals surface area contributed by atoms with Crippen molar-refractivity contribution in [3.63, 3.8) is 0 Å². The van der Waals surface area contributed by atoms with Crippen molar-refractivity contribution in [3.8, 4) is 5.69 Å². The van der Waals surface area contributed by atoms with Crippen molar-refractivity contribution in [2.45, 2.75) is 25.9 Å². The first kappa shape index (κ1) is 24.5. The number of benzene rings is 1. The molecule has 184 valence electrons. The van der Waals surface area contributed by atoms with Gasteiger partial charge in [-0.25, -0.2) is 0 Å². The third kappa shape index (κ3) is 4.93. The summed E-state index contributed by atoms with van der Waals surface area (Å²) < 4.78 is 7.72. The fourth-order valence-electron chi connectivity index (χ4n) is 5.18. The second kappa shape index (κ2) is 10.4. The summed E-state index contributed by atoms with van der Waals surface area (Å²) in [5.74, 6) is 0. The third-order valence-corrected chi connectivity index (χ3v) is 7.79. The SMILES string of the molecule is Cc1cc([C@H]2[C@H](c3ccccn3)NC(=S)N2CCN2CCOCC2)c(C)n1-c1ccc(Cl)cc1Cl. The zero-order chi connectivity index (χ0) is 24.5. The molecular weight excluding hydrogens is 501 g/mol. The molecule has 0 spiro atoms. The van der Waals surface area contributed by atoms with Crippen LogP contribution < -0.4 is 5.32 Å². The summed E-state index contributed by atoms with van der Waals surface area (Å²) in [5, 5.41) is 5.57. The molecule has 0 bridgehead atoms. The molecule has 0 aliphatic carbocycles. The first-order valence-corrected chi connectivity index (χ1v) is 13.0. The number of morpholine rings is 1. The topological polar surface area (TPSA) is 45.6 Å². The monoisotopic (exact) mass is 529 g/mol. The predicted octanol–water partition coefficient (Wildman–Crippen LogP) is 5.10. The molecule has 2 fully saturated rings. The average Bonchev–Trinajstić information content (AvgIpc) is 3.34. The van der Waals surface area contributed by atoms with Gasteiger partial charge in [-0.05, 0) is 68.0 Å². The van der Waals surface area contributed by atoms with Crippen LogP contribution in [0.25, 0.3) is 5.69 Å². The van der Waals surface area contributed by atoms with Gasteiger partial charge < -0.3 is 19.5 Å². The van der Waals surface area contributed by atoms with Gasteiger partial charge in [-0.2, -0.15) is 0 Å². The fraction of sp³-hybridized carbons (Fsp3) is 0.385. The molecule has 6 nitrogen and oxygen atoms in total. The van der Waals surface area contributed by atoms with E-state index in [0.29, 0.717) is 10.0 Å². The Balaban J connectivity index is 1.54. The van der Waals surface area contributed by atoms with Crippen LogP contribution in [0, 0.1) is 13.8 Å². The molecule has 0 amide bonds. The number of hydrogen-bond acceptors (Lipinski definition) is 4. The van der Waals surface area contributed by atoms with E-state index in [0.717, 1.165) is 67.3 Å². The summed E-state index contributed by atoms with van der Waals surface area (Å²) in [7, 11) is 0. The molecule has 2 aliphatic rings. The lowest BCUT2D eigenvalue weighted by atomic mass is 9.96. The number of pyridine rings is 1. The molecular formula is C26H29Cl2N5OS. The van der Waals surface area contributed by atoms with Crippen LogP contribution >= 0.6 is 35.4 Å². The predicted molar refractivity (Wildman–Crippen MR) is 145 cm³/mol. The van der Waals surface area contributed by atoms with Gasteiger partial charge in [0.05, 0.1) is 41.7 Å². The summed E-state index contributed by atoms with van der Waals surface area (Å²) in [5.41, 5.74) is 5.33.